The van der Waals surface area contributed by atoms with E-state index in [1.807, 2.05) is 25.2 Å². The van der Waals surface area contributed by atoms with Crippen molar-refractivity contribution in [1.29, 1.82) is 0 Å². The van der Waals surface area contributed by atoms with Gasteiger partial charge in [0.05, 0.1) is 6.26 Å². The minimum Gasteiger partial charge on any atom is -0.508 e. The van der Waals surface area contributed by atoms with Gasteiger partial charge < -0.3 is 19.7 Å². The van der Waals surface area contributed by atoms with E-state index in [1.54, 1.807) is 36.4 Å². The van der Waals surface area contributed by atoms with Crippen molar-refractivity contribution in [3.05, 3.63) is 65.9 Å². The zero-order valence-corrected chi connectivity index (χ0v) is 13.3. The number of hydrogen-bond donors (Lipinski definition) is 2. The molecule has 4 heteroatoms. The van der Waals surface area contributed by atoms with E-state index < -0.39 is 0 Å². The largest absolute Gasteiger partial charge is 0.508 e. The molecule has 0 saturated heterocycles. The highest BCUT2D eigenvalue weighted by Gasteiger charge is 1.99. The third kappa shape index (κ3) is 5.82. The lowest BCUT2D eigenvalue weighted by Crippen LogP contribution is -1.84. The van der Waals surface area contributed by atoms with E-state index in [0.717, 1.165) is 17.5 Å². The van der Waals surface area contributed by atoms with Crippen LogP contribution in [0.3, 0.4) is 0 Å². The van der Waals surface area contributed by atoms with Crippen LogP contribution in [0.2, 0.25) is 0 Å². The first-order chi connectivity index (χ1) is 11.7. The number of phenolic OH excluding ortho intramolecular Hbond substituents is 2. The summed E-state index contributed by atoms with van der Waals surface area (Å²) < 4.78 is 10.1. The Balaban J connectivity index is 2.05. The maximum absolute atomic E-state index is 9.76. The Labute approximate surface area is 141 Å². The Hall–Kier alpha value is -3.32. The van der Waals surface area contributed by atoms with Gasteiger partial charge >= 0.3 is 0 Å². The smallest absolute Gasteiger partial charge is 0.161 e. The summed E-state index contributed by atoms with van der Waals surface area (Å²) in [7, 11) is 0. The van der Waals surface area contributed by atoms with Gasteiger partial charge in [0, 0.05) is 6.07 Å². The van der Waals surface area contributed by atoms with Gasteiger partial charge in [-0.15, -0.1) is 0 Å². The molecule has 0 fully saturated rings. The first-order valence-electron chi connectivity index (χ1n) is 7.46. The fraction of sp³-hybridized carbons (Fsp3) is 0.100. The van der Waals surface area contributed by atoms with Crippen molar-refractivity contribution in [3.8, 4) is 29.5 Å². The van der Waals surface area contributed by atoms with Crippen molar-refractivity contribution in [3.63, 3.8) is 0 Å². The number of benzene rings is 2. The first-order valence-corrected chi connectivity index (χ1v) is 7.46. The van der Waals surface area contributed by atoms with Crippen molar-refractivity contribution in [1.82, 2.24) is 0 Å². The summed E-state index contributed by atoms with van der Waals surface area (Å²) in [6.45, 7) is 1.99. The van der Waals surface area contributed by atoms with Crippen LogP contribution in [0.4, 0.5) is 0 Å². The number of rotatable bonds is 5. The van der Waals surface area contributed by atoms with Gasteiger partial charge in [0.1, 0.15) is 17.2 Å². The molecule has 2 N–H and O–H groups in total. The predicted octanol–water partition coefficient (Wildman–Crippen LogP) is 4.51. The van der Waals surface area contributed by atoms with Crippen LogP contribution in [0.25, 0.3) is 12.2 Å². The fourth-order valence-electron chi connectivity index (χ4n) is 1.82. The third-order valence-electron chi connectivity index (χ3n) is 2.94. The van der Waals surface area contributed by atoms with Gasteiger partial charge in [-0.3, -0.25) is 0 Å². The van der Waals surface area contributed by atoms with Gasteiger partial charge in [-0.25, -0.2) is 0 Å². The van der Waals surface area contributed by atoms with Crippen LogP contribution >= 0.6 is 0 Å². The Morgan fingerprint density at radius 2 is 1.67 bits per heavy atom. The lowest BCUT2D eigenvalue weighted by Gasteiger charge is -2.01. The van der Waals surface area contributed by atoms with Crippen LogP contribution in [0.15, 0.2) is 54.8 Å². The number of phenols is 2. The Bertz CT molecular complexity index is 778. The van der Waals surface area contributed by atoms with E-state index in [4.69, 9.17) is 9.47 Å². The standard InChI is InChI=1S/C20H18O4/c1-2-3-10-23-11-12-24-20-14-17(13-19(22)15-20)5-4-16-6-8-18(21)9-7-16/h3-10,13-15,21-22H,2H2,1H3/b5-4+,10-3+. The molecule has 0 aliphatic rings. The highest BCUT2D eigenvalue weighted by molar-refractivity contribution is 5.71. The van der Waals surface area contributed by atoms with Gasteiger partial charge in [0.25, 0.3) is 0 Å². The lowest BCUT2D eigenvalue weighted by molar-refractivity contribution is 0.421. The minimum absolute atomic E-state index is 0.0754. The molecule has 4 nitrogen and oxygen atoms in total. The molecular formula is C20H18O4. The normalized spacial score (nSPS) is 10.5. The summed E-state index contributed by atoms with van der Waals surface area (Å²) in [6, 6.07) is 11.6. The van der Waals surface area contributed by atoms with Crippen LogP contribution in [-0.4, -0.2) is 10.2 Å². The van der Waals surface area contributed by atoms with Gasteiger partial charge in [0.2, 0.25) is 0 Å². The van der Waals surface area contributed by atoms with Gasteiger partial charge in [-0.2, -0.15) is 0 Å². The second-order valence-electron chi connectivity index (χ2n) is 4.89. The molecule has 0 aromatic heterocycles. The van der Waals surface area contributed by atoms with Gasteiger partial charge in [-0.1, -0.05) is 31.2 Å². The summed E-state index contributed by atoms with van der Waals surface area (Å²) >= 11 is 0. The number of allylic oxidation sites excluding steroid dienone is 1. The zero-order valence-electron chi connectivity index (χ0n) is 13.3. The third-order valence-corrected chi connectivity index (χ3v) is 2.94. The molecule has 2 aromatic rings. The van der Waals surface area contributed by atoms with E-state index in [2.05, 4.69) is 12.2 Å². The average molecular weight is 322 g/mol. The van der Waals surface area contributed by atoms with Crippen molar-refractivity contribution >= 4 is 12.2 Å². The molecule has 0 unspecified atom stereocenters. The van der Waals surface area contributed by atoms with Crippen molar-refractivity contribution < 1.29 is 19.7 Å². The maximum atomic E-state index is 9.76. The molecule has 0 spiro atoms. The lowest BCUT2D eigenvalue weighted by atomic mass is 10.1. The molecule has 0 saturated carbocycles. The molecule has 0 bridgehead atoms. The highest BCUT2D eigenvalue weighted by Crippen LogP contribution is 2.23. The summed E-state index contributed by atoms with van der Waals surface area (Å²) in [4.78, 5) is 0. The second-order valence-corrected chi connectivity index (χ2v) is 4.89. The van der Waals surface area contributed by atoms with E-state index in [0.29, 0.717) is 5.75 Å². The quantitative estimate of drug-likeness (QED) is 0.483. The summed E-state index contributed by atoms with van der Waals surface area (Å²) in [5, 5.41) is 19.0. The van der Waals surface area contributed by atoms with Crippen molar-refractivity contribution in [2.24, 2.45) is 0 Å². The second kappa shape index (κ2) is 8.96. The SMILES string of the molecule is CC/C=C/OC#COc1cc(O)cc(/C=C/c2ccc(O)cc2)c1. The van der Waals surface area contributed by atoms with Crippen LogP contribution in [0.5, 0.6) is 17.2 Å². The van der Waals surface area contributed by atoms with Crippen molar-refractivity contribution in [2.75, 3.05) is 0 Å². The van der Waals surface area contributed by atoms with Crippen LogP contribution in [0.1, 0.15) is 24.5 Å². The molecule has 0 atom stereocenters. The monoisotopic (exact) mass is 322 g/mol. The Morgan fingerprint density at radius 1 is 0.917 bits per heavy atom. The molecule has 2 rings (SSSR count). The maximum Gasteiger partial charge on any atom is 0.161 e. The van der Waals surface area contributed by atoms with E-state index >= 15 is 0 Å². The van der Waals surface area contributed by atoms with Gasteiger partial charge in [0.15, 0.2) is 12.2 Å². The molecule has 0 heterocycles. The van der Waals surface area contributed by atoms with Crippen LogP contribution < -0.4 is 4.74 Å². The molecule has 122 valence electrons. The number of hydrogen-bond acceptors (Lipinski definition) is 4. The summed E-state index contributed by atoms with van der Waals surface area (Å²) in [5.41, 5.74) is 1.68. The van der Waals surface area contributed by atoms with E-state index in [1.165, 1.54) is 12.3 Å². The Morgan fingerprint density at radius 3 is 2.42 bits per heavy atom. The first kappa shape index (κ1) is 17.0. The molecule has 0 radical (unpaired) electrons. The molecule has 0 aliphatic heterocycles. The number of aromatic hydroxyl groups is 2. The molecule has 0 aliphatic carbocycles. The number of ether oxygens (including phenoxy) is 2. The minimum atomic E-state index is 0.0754. The summed E-state index contributed by atoms with van der Waals surface area (Å²) in [6.07, 6.45) is 12.7. The van der Waals surface area contributed by atoms with Crippen LogP contribution in [-0.2, 0) is 4.74 Å². The summed E-state index contributed by atoms with van der Waals surface area (Å²) in [5.74, 6) is 0.706. The fourth-order valence-corrected chi connectivity index (χ4v) is 1.82. The average Bonchev–Trinajstić information content (AvgIpc) is 2.57. The highest BCUT2D eigenvalue weighted by atomic mass is 16.5. The van der Waals surface area contributed by atoms with E-state index in [9.17, 15) is 10.2 Å². The topological polar surface area (TPSA) is 58.9 Å². The molecule has 24 heavy (non-hydrogen) atoms. The zero-order chi connectivity index (χ0) is 17.2. The van der Waals surface area contributed by atoms with E-state index in [-0.39, 0.29) is 11.5 Å². The molecular weight excluding hydrogens is 304 g/mol. The molecule has 2 aromatic carbocycles. The molecule has 0 amide bonds. The van der Waals surface area contributed by atoms with Gasteiger partial charge in [-0.05, 0) is 47.9 Å². The van der Waals surface area contributed by atoms with Crippen molar-refractivity contribution in [2.45, 2.75) is 13.3 Å². The predicted molar refractivity (Wildman–Crippen MR) is 94.1 cm³/mol. The van der Waals surface area contributed by atoms with Crippen LogP contribution in [0, 0.1) is 12.2 Å². The Kier molecular flexibility index (Phi) is 6.36.